The topological polar surface area (TPSA) is 128 Å². The van der Waals surface area contributed by atoms with E-state index in [4.69, 9.17) is 17.3 Å². The number of carbonyl (C=O) groups excluding carboxylic acids is 1. The van der Waals surface area contributed by atoms with Crippen LogP contribution in [-0.4, -0.2) is 35.3 Å². The van der Waals surface area contributed by atoms with Gasteiger partial charge in [0, 0.05) is 21.0 Å². The Morgan fingerprint density at radius 3 is 2.17 bits per heavy atom. The van der Waals surface area contributed by atoms with Gasteiger partial charge in [-0.25, -0.2) is 18.1 Å². The average Bonchev–Trinajstić information content (AvgIpc) is 2.85. The summed E-state index contributed by atoms with van der Waals surface area (Å²) in [6, 6.07) is 21.6. The number of halogens is 1. The van der Waals surface area contributed by atoms with Crippen molar-refractivity contribution in [3.8, 4) is 22.5 Å². The van der Waals surface area contributed by atoms with Crippen molar-refractivity contribution in [1.82, 2.24) is 15.2 Å². The summed E-state index contributed by atoms with van der Waals surface area (Å²) in [6.45, 7) is 1.68. The van der Waals surface area contributed by atoms with E-state index in [-0.39, 0.29) is 21.5 Å². The molecular weight excluding hydrogens is 506 g/mol. The molecular formula is C24H20ClN5O3S2. The van der Waals surface area contributed by atoms with Crippen molar-refractivity contribution < 1.29 is 13.2 Å². The van der Waals surface area contributed by atoms with Gasteiger partial charge in [-0.2, -0.15) is 0 Å². The van der Waals surface area contributed by atoms with Gasteiger partial charge in [-0.1, -0.05) is 72.3 Å². The number of rotatable bonds is 8. The SMILES string of the molecule is Cc1cc(S(=O)(=O)Nc2nnc(-c3ccccc3)c(-c3ccccc3)n2)c(SCC(N)=O)cc1Cl. The lowest BCUT2D eigenvalue weighted by molar-refractivity contribution is -0.115. The number of nitrogens with two attached hydrogens (primary N) is 1. The number of benzene rings is 3. The predicted molar refractivity (Wildman–Crippen MR) is 138 cm³/mol. The van der Waals surface area contributed by atoms with Crippen LogP contribution in [0.1, 0.15) is 5.56 Å². The molecule has 11 heteroatoms. The van der Waals surface area contributed by atoms with Crippen LogP contribution in [0.15, 0.2) is 82.6 Å². The van der Waals surface area contributed by atoms with Crippen molar-refractivity contribution in [3.05, 3.63) is 83.4 Å². The number of hydrogen-bond donors (Lipinski definition) is 2. The van der Waals surface area contributed by atoms with Crippen molar-refractivity contribution in [2.45, 2.75) is 16.7 Å². The molecule has 0 bridgehead atoms. The second-order valence-electron chi connectivity index (χ2n) is 7.47. The fourth-order valence-electron chi connectivity index (χ4n) is 3.24. The van der Waals surface area contributed by atoms with Gasteiger partial charge in [0.2, 0.25) is 5.91 Å². The first-order valence-corrected chi connectivity index (χ1v) is 13.2. The molecule has 0 aliphatic heterocycles. The molecule has 1 aromatic heterocycles. The minimum Gasteiger partial charge on any atom is -0.369 e. The summed E-state index contributed by atoms with van der Waals surface area (Å²) in [6.07, 6.45) is 0. The van der Waals surface area contributed by atoms with Gasteiger partial charge in [0.05, 0.1) is 5.75 Å². The van der Waals surface area contributed by atoms with E-state index < -0.39 is 15.9 Å². The summed E-state index contributed by atoms with van der Waals surface area (Å²) in [7, 11) is -4.15. The second-order valence-corrected chi connectivity index (χ2v) is 10.5. The molecule has 0 aliphatic carbocycles. The number of carbonyl (C=O) groups is 1. The van der Waals surface area contributed by atoms with Gasteiger partial charge >= 0.3 is 0 Å². The third kappa shape index (κ3) is 5.79. The van der Waals surface area contributed by atoms with Gasteiger partial charge in [-0.05, 0) is 24.6 Å². The van der Waals surface area contributed by atoms with E-state index >= 15 is 0 Å². The van der Waals surface area contributed by atoms with Gasteiger partial charge < -0.3 is 5.73 Å². The molecule has 8 nitrogen and oxygen atoms in total. The van der Waals surface area contributed by atoms with Crippen molar-refractivity contribution >= 4 is 45.2 Å². The summed E-state index contributed by atoms with van der Waals surface area (Å²) >= 11 is 7.18. The minimum absolute atomic E-state index is 0.0670. The first-order valence-electron chi connectivity index (χ1n) is 10.3. The van der Waals surface area contributed by atoms with E-state index in [1.165, 1.54) is 12.1 Å². The normalized spacial score (nSPS) is 11.3. The Labute approximate surface area is 212 Å². The molecule has 3 N–H and O–H groups in total. The molecule has 4 rings (SSSR count). The number of hydrogen-bond acceptors (Lipinski definition) is 7. The number of primary amides is 1. The number of nitrogens with zero attached hydrogens (tertiary/aromatic N) is 3. The van der Waals surface area contributed by atoms with Crippen LogP contribution in [0.5, 0.6) is 0 Å². The molecule has 0 aliphatic rings. The molecule has 3 aromatic carbocycles. The molecule has 4 aromatic rings. The lowest BCUT2D eigenvalue weighted by Gasteiger charge is -2.14. The van der Waals surface area contributed by atoms with E-state index in [0.717, 1.165) is 22.9 Å². The van der Waals surface area contributed by atoms with Crippen molar-refractivity contribution in [3.63, 3.8) is 0 Å². The molecule has 1 amide bonds. The Morgan fingerprint density at radius 1 is 0.971 bits per heavy atom. The molecule has 0 saturated carbocycles. The highest BCUT2D eigenvalue weighted by Crippen LogP contribution is 2.33. The molecule has 0 radical (unpaired) electrons. The lowest BCUT2D eigenvalue weighted by Crippen LogP contribution is -2.18. The highest BCUT2D eigenvalue weighted by Gasteiger charge is 2.23. The number of aryl methyl sites for hydroxylation is 1. The van der Waals surface area contributed by atoms with Gasteiger partial charge in [0.1, 0.15) is 16.3 Å². The zero-order valence-corrected chi connectivity index (χ0v) is 20.9. The summed E-state index contributed by atoms with van der Waals surface area (Å²) in [4.78, 5) is 16.0. The van der Waals surface area contributed by atoms with E-state index in [9.17, 15) is 13.2 Å². The third-order valence-corrected chi connectivity index (χ3v) is 7.87. The Balaban J connectivity index is 1.77. The number of amides is 1. The number of sulfonamides is 1. The molecule has 0 atom stereocenters. The monoisotopic (exact) mass is 525 g/mol. The fourth-order valence-corrected chi connectivity index (χ4v) is 5.77. The summed E-state index contributed by atoms with van der Waals surface area (Å²) in [5.74, 6) is -0.884. The Kier molecular flexibility index (Phi) is 7.34. The highest BCUT2D eigenvalue weighted by molar-refractivity contribution is 8.01. The average molecular weight is 526 g/mol. The Hall–Kier alpha value is -3.47. The predicted octanol–water partition coefficient (Wildman–Crippen LogP) is 4.55. The Bertz CT molecular complexity index is 1480. The van der Waals surface area contributed by atoms with E-state index in [2.05, 4.69) is 19.9 Å². The van der Waals surface area contributed by atoms with Gasteiger partial charge in [0.15, 0.2) is 0 Å². The van der Waals surface area contributed by atoms with E-state index in [1.54, 1.807) is 6.92 Å². The lowest BCUT2D eigenvalue weighted by atomic mass is 10.0. The molecule has 0 fully saturated rings. The first kappa shape index (κ1) is 24.6. The molecule has 178 valence electrons. The maximum atomic E-state index is 13.3. The smallest absolute Gasteiger partial charge is 0.265 e. The second kappa shape index (κ2) is 10.4. The van der Waals surface area contributed by atoms with Crippen molar-refractivity contribution in [1.29, 1.82) is 0 Å². The molecule has 1 heterocycles. The van der Waals surface area contributed by atoms with Crippen LogP contribution < -0.4 is 10.5 Å². The van der Waals surface area contributed by atoms with Crippen molar-refractivity contribution in [2.75, 3.05) is 10.5 Å². The quantitative estimate of drug-likeness (QED) is 0.323. The van der Waals surface area contributed by atoms with Crippen molar-refractivity contribution in [2.24, 2.45) is 5.73 Å². The summed E-state index contributed by atoms with van der Waals surface area (Å²) in [5.41, 5.74) is 8.32. The minimum atomic E-state index is -4.15. The Morgan fingerprint density at radius 2 is 1.57 bits per heavy atom. The van der Waals surface area contributed by atoms with Gasteiger partial charge in [-0.3, -0.25) is 4.79 Å². The van der Waals surface area contributed by atoms with E-state index in [0.29, 0.717) is 22.0 Å². The number of aromatic nitrogens is 3. The van der Waals surface area contributed by atoms with Crippen LogP contribution in [-0.2, 0) is 14.8 Å². The van der Waals surface area contributed by atoms with Crippen LogP contribution in [0.3, 0.4) is 0 Å². The first-order chi connectivity index (χ1) is 16.7. The van der Waals surface area contributed by atoms with Gasteiger partial charge in [-0.15, -0.1) is 22.0 Å². The third-order valence-electron chi connectivity index (χ3n) is 4.89. The number of thioether (sulfide) groups is 1. The maximum absolute atomic E-state index is 13.3. The molecule has 0 spiro atoms. The molecule has 0 saturated heterocycles. The number of nitrogens with one attached hydrogen (secondary N) is 1. The van der Waals surface area contributed by atoms with E-state index in [1.807, 2.05) is 60.7 Å². The zero-order chi connectivity index (χ0) is 25.0. The standard InChI is InChI=1S/C24H20ClN5O3S2/c1-15-12-20(19(13-18(15)25)34-14-21(26)31)35(32,33)30-24-27-22(16-8-4-2-5-9-16)23(28-29-24)17-10-6-3-7-11-17/h2-13H,14H2,1H3,(H2,26,31)(H,27,29,30). The van der Waals surface area contributed by atoms with Crippen LogP contribution >= 0.6 is 23.4 Å². The summed E-state index contributed by atoms with van der Waals surface area (Å²) < 4.78 is 29.1. The van der Waals surface area contributed by atoms with Crippen LogP contribution in [0.25, 0.3) is 22.5 Å². The van der Waals surface area contributed by atoms with Crippen LogP contribution in [0.2, 0.25) is 5.02 Å². The van der Waals surface area contributed by atoms with Gasteiger partial charge in [0.25, 0.3) is 16.0 Å². The molecule has 0 unspecified atom stereocenters. The maximum Gasteiger partial charge on any atom is 0.265 e. The highest BCUT2D eigenvalue weighted by atomic mass is 35.5. The number of anilines is 1. The van der Waals surface area contributed by atoms with Crippen LogP contribution in [0.4, 0.5) is 5.95 Å². The zero-order valence-electron chi connectivity index (χ0n) is 18.5. The largest absolute Gasteiger partial charge is 0.369 e. The summed E-state index contributed by atoms with van der Waals surface area (Å²) in [5, 5.41) is 8.70. The molecule has 35 heavy (non-hydrogen) atoms. The van der Waals surface area contributed by atoms with Crippen LogP contribution in [0, 0.1) is 6.92 Å². The fraction of sp³-hybridized carbons (Fsp3) is 0.0833.